The molecule has 0 amide bonds. The Hall–Kier alpha value is -2.01. The summed E-state index contributed by atoms with van der Waals surface area (Å²) in [5.74, 6) is 1.00. The number of methoxy groups -OCH3 is 1. The largest absolute Gasteiger partial charge is 0.508 e. The van der Waals surface area contributed by atoms with Crippen LogP contribution < -0.4 is 10.1 Å². The Kier molecular flexibility index (Phi) is 3.84. The summed E-state index contributed by atoms with van der Waals surface area (Å²) in [4.78, 5) is 0. The smallest absolute Gasteiger partial charge is 0.120 e. The Morgan fingerprint density at radius 3 is 3.00 bits per heavy atom. The molecule has 0 radical (unpaired) electrons. The molecule has 5 heteroatoms. The predicted molar refractivity (Wildman–Crippen MR) is 68.5 cm³/mol. The van der Waals surface area contributed by atoms with Crippen molar-refractivity contribution in [1.82, 2.24) is 15.5 Å². The number of H-pyrrole nitrogens is 1. The molecule has 2 aromatic rings. The van der Waals surface area contributed by atoms with Crippen molar-refractivity contribution >= 4 is 0 Å². The number of nitrogens with zero attached hydrogens (tertiary/aromatic N) is 1. The van der Waals surface area contributed by atoms with E-state index in [1.807, 2.05) is 19.2 Å². The average Bonchev–Trinajstić information content (AvgIpc) is 2.91. The number of phenolic OH excluding ortho intramolecular Hbond substituents is 1. The van der Waals surface area contributed by atoms with Crippen LogP contribution in [0.1, 0.15) is 24.1 Å². The minimum Gasteiger partial charge on any atom is -0.508 e. The lowest BCUT2D eigenvalue weighted by Crippen LogP contribution is -2.17. The number of nitrogens with one attached hydrogen (secondary N) is 2. The van der Waals surface area contributed by atoms with Crippen LogP contribution in [-0.2, 0) is 6.54 Å². The monoisotopic (exact) mass is 247 g/mol. The molecule has 0 saturated carbocycles. The fourth-order valence-electron chi connectivity index (χ4n) is 1.71. The van der Waals surface area contributed by atoms with E-state index in [1.54, 1.807) is 25.4 Å². The zero-order chi connectivity index (χ0) is 13.0. The van der Waals surface area contributed by atoms with Gasteiger partial charge in [0.05, 0.1) is 13.3 Å². The van der Waals surface area contributed by atoms with Crippen LogP contribution in [0.3, 0.4) is 0 Å². The molecular weight excluding hydrogens is 230 g/mol. The third kappa shape index (κ3) is 2.81. The topological polar surface area (TPSA) is 70.2 Å². The lowest BCUT2D eigenvalue weighted by molar-refractivity contribution is 0.409. The highest BCUT2D eigenvalue weighted by Crippen LogP contribution is 2.23. The van der Waals surface area contributed by atoms with Gasteiger partial charge < -0.3 is 15.2 Å². The summed E-state index contributed by atoms with van der Waals surface area (Å²) in [5, 5.41) is 19.8. The van der Waals surface area contributed by atoms with Crippen LogP contribution in [0.25, 0.3) is 0 Å². The number of aromatic hydroxyl groups is 1. The van der Waals surface area contributed by atoms with Crippen molar-refractivity contribution in [2.24, 2.45) is 0 Å². The van der Waals surface area contributed by atoms with E-state index in [0.29, 0.717) is 6.54 Å². The van der Waals surface area contributed by atoms with Crippen molar-refractivity contribution in [2.75, 3.05) is 7.11 Å². The average molecular weight is 247 g/mol. The van der Waals surface area contributed by atoms with Crippen LogP contribution >= 0.6 is 0 Å². The van der Waals surface area contributed by atoms with Gasteiger partial charge in [0.25, 0.3) is 0 Å². The zero-order valence-electron chi connectivity index (χ0n) is 10.5. The molecule has 18 heavy (non-hydrogen) atoms. The molecular formula is C13H17N3O2. The molecule has 96 valence electrons. The highest BCUT2D eigenvalue weighted by molar-refractivity contribution is 5.39. The molecule has 1 atom stereocenters. The van der Waals surface area contributed by atoms with E-state index < -0.39 is 0 Å². The molecule has 0 spiro atoms. The maximum Gasteiger partial charge on any atom is 0.120 e. The van der Waals surface area contributed by atoms with Gasteiger partial charge in [-0.2, -0.15) is 5.10 Å². The zero-order valence-corrected chi connectivity index (χ0v) is 10.5. The molecule has 5 nitrogen and oxygen atoms in total. The van der Waals surface area contributed by atoms with Crippen molar-refractivity contribution in [3.63, 3.8) is 0 Å². The summed E-state index contributed by atoms with van der Waals surface area (Å²) >= 11 is 0. The van der Waals surface area contributed by atoms with E-state index in [1.165, 1.54) is 0 Å². The maximum atomic E-state index is 9.76. The summed E-state index contributed by atoms with van der Waals surface area (Å²) in [7, 11) is 1.61. The van der Waals surface area contributed by atoms with Gasteiger partial charge in [-0.05, 0) is 25.1 Å². The Bertz CT molecular complexity index is 497. The second kappa shape index (κ2) is 5.55. The molecule has 1 aromatic heterocycles. The second-order valence-electron chi connectivity index (χ2n) is 4.13. The molecule has 0 fully saturated rings. The van der Waals surface area contributed by atoms with Gasteiger partial charge in [-0.3, -0.25) is 5.10 Å². The number of phenols is 1. The Labute approximate surface area is 106 Å². The highest BCUT2D eigenvalue weighted by atomic mass is 16.5. The van der Waals surface area contributed by atoms with Gasteiger partial charge in [0, 0.05) is 29.9 Å². The predicted octanol–water partition coefficient (Wildman–Crippen LogP) is 1.97. The molecule has 0 bridgehead atoms. The normalized spacial score (nSPS) is 12.3. The third-order valence-corrected chi connectivity index (χ3v) is 2.90. The van der Waals surface area contributed by atoms with E-state index in [0.717, 1.165) is 16.9 Å². The summed E-state index contributed by atoms with van der Waals surface area (Å²) < 4.78 is 5.14. The standard InChI is InChI=1S/C13H17N3O2/c1-9(11-7-15-16-8-11)14-6-10-5-12(18-2)3-4-13(10)17/h3-5,7-9,14,17H,6H2,1-2H3,(H,15,16). The minimum atomic E-state index is 0.161. The first-order valence-corrected chi connectivity index (χ1v) is 5.78. The molecule has 0 saturated heterocycles. The number of ether oxygens (including phenoxy) is 1. The van der Waals surface area contributed by atoms with Gasteiger partial charge in [0.15, 0.2) is 0 Å². The molecule has 2 rings (SSSR count). The number of benzene rings is 1. The Balaban J connectivity index is 2.01. The minimum absolute atomic E-state index is 0.161. The fourth-order valence-corrected chi connectivity index (χ4v) is 1.71. The van der Waals surface area contributed by atoms with Gasteiger partial charge in [-0.15, -0.1) is 0 Å². The van der Waals surface area contributed by atoms with Crippen molar-refractivity contribution in [3.05, 3.63) is 41.7 Å². The molecule has 1 heterocycles. The van der Waals surface area contributed by atoms with E-state index >= 15 is 0 Å². The molecule has 1 unspecified atom stereocenters. The van der Waals surface area contributed by atoms with Crippen LogP contribution in [0, 0.1) is 0 Å². The number of rotatable bonds is 5. The van der Waals surface area contributed by atoms with E-state index in [4.69, 9.17) is 4.74 Å². The summed E-state index contributed by atoms with van der Waals surface area (Å²) in [6, 6.07) is 5.36. The van der Waals surface area contributed by atoms with Crippen LogP contribution in [0.2, 0.25) is 0 Å². The van der Waals surface area contributed by atoms with Crippen molar-refractivity contribution in [3.8, 4) is 11.5 Å². The summed E-state index contributed by atoms with van der Waals surface area (Å²) in [6.45, 7) is 2.61. The number of hydrogen-bond donors (Lipinski definition) is 3. The Morgan fingerprint density at radius 2 is 2.33 bits per heavy atom. The SMILES string of the molecule is COc1ccc(O)c(CNC(C)c2cn[nH]c2)c1. The molecule has 0 aliphatic rings. The van der Waals surface area contributed by atoms with Gasteiger partial charge in [0.1, 0.15) is 11.5 Å². The van der Waals surface area contributed by atoms with Crippen LogP contribution in [0.4, 0.5) is 0 Å². The first-order chi connectivity index (χ1) is 8.70. The van der Waals surface area contributed by atoms with Gasteiger partial charge in [0.2, 0.25) is 0 Å². The molecule has 1 aromatic carbocycles. The Morgan fingerprint density at radius 1 is 1.50 bits per heavy atom. The molecule has 3 N–H and O–H groups in total. The van der Waals surface area contributed by atoms with Gasteiger partial charge in [-0.25, -0.2) is 0 Å². The van der Waals surface area contributed by atoms with Crippen LogP contribution in [0.15, 0.2) is 30.6 Å². The van der Waals surface area contributed by atoms with E-state index in [2.05, 4.69) is 15.5 Å². The second-order valence-corrected chi connectivity index (χ2v) is 4.13. The van der Waals surface area contributed by atoms with Crippen LogP contribution in [-0.4, -0.2) is 22.4 Å². The number of aromatic nitrogens is 2. The van der Waals surface area contributed by atoms with E-state index in [9.17, 15) is 5.11 Å². The van der Waals surface area contributed by atoms with Crippen molar-refractivity contribution in [2.45, 2.75) is 19.5 Å². The van der Waals surface area contributed by atoms with E-state index in [-0.39, 0.29) is 11.8 Å². The maximum absolute atomic E-state index is 9.76. The lowest BCUT2D eigenvalue weighted by Gasteiger charge is -2.13. The third-order valence-electron chi connectivity index (χ3n) is 2.90. The van der Waals surface area contributed by atoms with Crippen molar-refractivity contribution in [1.29, 1.82) is 0 Å². The number of hydrogen-bond acceptors (Lipinski definition) is 4. The fraction of sp³-hybridized carbons (Fsp3) is 0.308. The molecule has 0 aliphatic carbocycles. The highest BCUT2D eigenvalue weighted by Gasteiger charge is 2.08. The first kappa shape index (κ1) is 12.4. The van der Waals surface area contributed by atoms with Gasteiger partial charge in [-0.1, -0.05) is 0 Å². The van der Waals surface area contributed by atoms with Gasteiger partial charge >= 0.3 is 0 Å². The van der Waals surface area contributed by atoms with Crippen LogP contribution in [0.5, 0.6) is 11.5 Å². The number of aromatic amines is 1. The molecule has 0 aliphatic heterocycles. The summed E-state index contributed by atoms with van der Waals surface area (Å²) in [5.41, 5.74) is 1.89. The van der Waals surface area contributed by atoms with Crippen molar-refractivity contribution < 1.29 is 9.84 Å². The first-order valence-electron chi connectivity index (χ1n) is 5.78. The lowest BCUT2D eigenvalue weighted by atomic mass is 10.1. The summed E-state index contributed by atoms with van der Waals surface area (Å²) in [6.07, 6.45) is 3.63. The quantitative estimate of drug-likeness (QED) is 0.755.